The van der Waals surface area contributed by atoms with Crippen LogP contribution in [0, 0.1) is 0 Å². The molecule has 0 aromatic heterocycles. The molecule has 3 nitrogen and oxygen atoms in total. The Morgan fingerprint density at radius 2 is 1.88 bits per heavy atom. The fourth-order valence-electron chi connectivity index (χ4n) is 2.04. The number of nitrogens with zero attached hydrogens (tertiary/aromatic N) is 1. The third kappa shape index (κ3) is 5.31. The van der Waals surface area contributed by atoms with Crippen molar-refractivity contribution in [3.8, 4) is 0 Å². The summed E-state index contributed by atoms with van der Waals surface area (Å²) in [5, 5.41) is 3.60. The summed E-state index contributed by atoms with van der Waals surface area (Å²) in [6.45, 7) is 3.92. The van der Waals surface area contributed by atoms with E-state index in [1.807, 2.05) is 6.07 Å². The lowest BCUT2D eigenvalue weighted by atomic mass is 10.1. The van der Waals surface area contributed by atoms with Gasteiger partial charge in [-0.05, 0) is 26.6 Å². The quantitative estimate of drug-likeness (QED) is 0.782. The molecule has 2 unspecified atom stereocenters. The molecular weight excluding hydrogens is 212 g/mol. The van der Waals surface area contributed by atoms with Crippen molar-refractivity contribution < 1.29 is 4.74 Å². The molecule has 0 saturated heterocycles. The maximum absolute atomic E-state index is 5.29. The summed E-state index contributed by atoms with van der Waals surface area (Å²) >= 11 is 0. The van der Waals surface area contributed by atoms with Crippen molar-refractivity contribution in [1.82, 2.24) is 10.2 Å². The van der Waals surface area contributed by atoms with Gasteiger partial charge in [-0.3, -0.25) is 0 Å². The van der Waals surface area contributed by atoms with Crippen molar-refractivity contribution in [2.45, 2.75) is 19.0 Å². The third-order valence-corrected chi connectivity index (χ3v) is 2.66. The van der Waals surface area contributed by atoms with Crippen LogP contribution in [0.15, 0.2) is 30.3 Å². The summed E-state index contributed by atoms with van der Waals surface area (Å²) in [5.74, 6) is 0. The Labute approximate surface area is 105 Å². The van der Waals surface area contributed by atoms with Crippen molar-refractivity contribution >= 4 is 0 Å². The van der Waals surface area contributed by atoms with Gasteiger partial charge in [0.05, 0.1) is 12.6 Å². The average Bonchev–Trinajstić information content (AvgIpc) is 2.28. The molecule has 1 aromatic carbocycles. The molecule has 0 amide bonds. The summed E-state index contributed by atoms with van der Waals surface area (Å²) in [6.07, 6.45) is 0. The van der Waals surface area contributed by atoms with E-state index in [1.54, 1.807) is 7.11 Å². The Kier molecular flexibility index (Phi) is 6.19. The highest BCUT2D eigenvalue weighted by atomic mass is 16.5. The monoisotopic (exact) mass is 236 g/mol. The molecule has 0 aliphatic heterocycles. The average molecular weight is 236 g/mol. The van der Waals surface area contributed by atoms with Crippen LogP contribution in [0.25, 0.3) is 0 Å². The first-order valence-corrected chi connectivity index (χ1v) is 6.08. The molecule has 0 spiro atoms. The molecule has 0 heterocycles. The van der Waals surface area contributed by atoms with E-state index in [2.05, 4.69) is 55.5 Å². The molecule has 0 saturated carbocycles. The second-order valence-corrected chi connectivity index (χ2v) is 4.75. The summed E-state index contributed by atoms with van der Waals surface area (Å²) in [5.41, 5.74) is 1.28. The Morgan fingerprint density at radius 3 is 2.41 bits per heavy atom. The van der Waals surface area contributed by atoms with Gasteiger partial charge < -0.3 is 15.0 Å². The molecule has 1 rings (SSSR count). The van der Waals surface area contributed by atoms with Gasteiger partial charge in [-0.25, -0.2) is 0 Å². The molecule has 0 aliphatic carbocycles. The SMILES string of the molecule is COCC(NC(C)CN(C)C)c1ccccc1. The minimum absolute atomic E-state index is 0.260. The Bertz CT molecular complexity index is 300. The van der Waals surface area contributed by atoms with Crippen LogP contribution in [-0.4, -0.2) is 45.3 Å². The summed E-state index contributed by atoms with van der Waals surface area (Å²) in [6, 6.07) is 11.1. The van der Waals surface area contributed by atoms with Gasteiger partial charge in [0.25, 0.3) is 0 Å². The molecule has 0 radical (unpaired) electrons. The zero-order valence-electron chi connectivity index (χ0n) is 11.3. The third-order valence-electron chi connectivity index (χ3n) is 2.66. The van der Waals surface area contributed by atoms with Gasteiger partial charge in [-0.1, -0.05) is 30.3 Å². The highest BCUT2D eigenvalue weighted by molar-refractivity contribution is 5.19. The van der Waals surface area contributed by atoms with E-state index in [0.29, 0.717) is 12.6 Å². The van der Waals surface area contributed by atoms with Crippen LogP contribution in [0.4, 0.5) is 0 Å². The Balaban J connectivity index is 2.60. The van der Waals surface area contributed by atoms with Crippen molar-refractivity contribution in [2.24, 2.45) is 0 Å². The first-order chi connectivity index (χ1) is 8.13. The largest absolute Gasteiger partial charge is 0.383 e. The van der Waals surface area contributed by atoms with Crippen LogP contribution < -0.4 is 5.32 Å². The number of methoxy groups -OCH3 is 1. The van der Waals surface area contributed by atoms with Crippen molar-refractivity contribution in [2.75, 3.05) is 34.4 Å². The first kappa shape index (κ1) is 14.2. The van der Waals surface area contributed by atoms with E-state index in [1.165, 1.54) is 5.56 Å². The molecule has 0 bridgehead atoms. The fraction of sp³-hybridized carbons (Fsp3) is 0.571. The normalized spacial score (nSPS) is 14.9. The van der Waals surface area contributed by atoms with Gasteiger partial charge >= 0.3 is 0 Å². The van der Waals surface area contributed by atoms with Crippen LogP contribution >= 0.6 is 0 Å². The standard InChI is InChI=1S/C14H24N2O/c1-12(10-16(2)3)15-14(11-17-4)13-8-6-5-7-9-13/h5-9,12,14-15H,10-11H2,1-4H3. The van der Waals surface area contributed by atoms with Gasteiger partial charge in [0.1, 0.15) is 0 Å². The highest BCUT2D eigenvalue weighted by Crippen LogP contribution is 2.13. The minimum Gasteiger partial charge on any atom is -0.383 e. The van der Waals surface area contributed by atoms with Crippen molar-refractivity contribution in [1.29, 1.82) is 0 Å². The van der Waals surface area contributed by atoms with Crippen LogP contribution in [0.3, 0.4) is 0 Å². The van der Waals surface area contributed by atoms with Gasteiger partial charge in [0.2, 0.25) is 0 Å². The van der Waals surface area contributed by atoms with E-state index in [-0.39, 0.29) is 6.04 Å². The molecule has 3 heteroatoms. The van der Waals surface area contributed by atoms with Crippen LogP contribution in [-0.2, 0) is 4.74 Å². The highest BCUT2D eigenvalue weighted by Gasteiger charge is 2.14. The van der Waals surface area contributed by atoms with E-state index >= 15 is 0 Å². The lowest BCUT2D eigenvalue weighted by molar-refractivity contribution is 0.158. The summed E-state index contributed by atoms with van der Waals surface area (Å²) in [7, 11) is 5.92. The molecule has 2 atom stereocenters. The number of benzene rings is 1. The molecule has 1 N–H and O–H groups in total. The zero-order chi connectivity index (χ0) is 12.7. The van der Waals surface area contributed by atoms with Crippen LogP contribution in [0.1, 0.15) is 18.5 Å². The molecule has 1 aromatic rings. The van der Waals surface area contributed by atoms with Crippen molar-refractivity contribution in [3.05, 3.63) is 35.9 Å². The Hall–Kier alpha value is -0.900. The van der Waals surface area contributed by atoms with Gasteiger partial charge in [0, 0.05) is 19.7 Å². The topological polar surface area (TPSA) is 24.5 Å². The molecule has 0 aliphatic rings. The second-order valence-electron chi connectivity index (χ2n) is 4.75. The van der Waals surface area contributed by atoms with Crippen LogP contribution in [0.2, 0.25) is 0 Å². The number of likely N-dealkylation sites (N-methyl/N-ethyl adjacent to an activating group) is 1. The van der Waals surface area contributed by atoms with E-state index in [0.717, 1.165) is 6.54 Å². The number of hydrogen-bond donors (Lipinski definition) is 1. The van der Waals surface area contributed by atoms with E-state index in [4.69, 9.17) is 4.74 Å². The smallest absolute Gasteiger partial charge is 0.0657 e. The van der Waals surface area contributed by atoms with Gasteiger partial charge in [-0.2, -0.15) is 0 Å². The number of nitrogens with one attached hydrogen (secondary N) is 1. The number of rotatable bonds is 7. The molecular formula is C14H24N2O. The van der Waals surface area contributed by atoms with Gasteiger partial charge in [-0.15, -0.1) is 0 Å². The Morgan fingerprint density at radius 1 is 1.24 bits per heavy atom. The maximum atomic E-state index is 5.29. The van der Waals surface area contributed by atoms with Gasteiger partial charge in [0.15, 0.2) is 0 Å². The predicted octanol–water partition coefficient (Wildman–Crippen LogP) is 1.91. The summed E-state index contributed by atoms with van der Waals surface area (Å²) in [4.78, 5) is 2.19. The molecule has 17 heavy (non-hydrogen) atoms. The number of hydrogen-bond acceptors (Lipinski definition) is 3. The number of ether oxygens (including phenoxy) is 1. The summed E-state index contributed by atoms with van der Waals surface area (Å²) < 4.78 is 5.29. The molecule has 96 valence electrons. The van der Waals surface area contributed by atoms with E-state index < -0.39 is 0 Å². The van der Waals surface area contributed by atoms with Crippen LogP contribution in [0.5, 0.6) is 0 Å². The lowest BCUT2D eigenvalue weighted by Gasteiger charge is -2.25. The lowest BCUT2D eigenvalue weighted by Crippen LogP contribution is -2.39. The zero-order valence-corrected chi connectivity index (χ0v) is 11.3. The predicted molar refractivity (Wildman–Crippen MR) is 72.2 cm³/mol. The first-order valence-electron chi connectivity index (χ1n) is 6.08. The second kappa shape index (κ2) is 7.43. The van der Waals surface area contributed by atoms with Crippen molar-refractivity contribution in [3.63, 3.8) is 0 Å². The maximum Gasteiger partial charge on any atom is 0.0657 e. The minimum atomic E-state index is 0.260. The van der Waals surface area contributed by atoms with E-state index in [9.17, 15) is 0 Å². The fourth-order valence-corrected chi connectivity index (χ4v) is 2.04. The molecule has 0 fully saturated rings.